The van der Waals surface area contributed by atoms with Gasteiger partial charge in [-0.25, -0.2) is 4.39 Å². The molecule has 1 rings (SSSR count). The topological polar surface area (TPSA) is 66.4 Å². The van der Waals surface area contributed by atoms with Crippen LogP contribution < -0.4 is 5.32 Å². The number of carbonyl (C=O) groups is 2. The quantitative estimate of drug-likeness (QED) is 0.794. The number of hydrogen-bond donors (Lipinski definition) is 2. The van der Waals surface area contributed by atoms with Gasteiger partial charge in [0, 0.05) is 19.4 Å². The number of amides is 1. The maximum atomic E-state index is 12.6. The van der Waals surface area contributed by atoms with Crippen LogP contribution in [0.4, 0.5) is 4.39 Å². The summed E-state index contributed by atoms with van der Waals surface area (Å²) in [5.74, 6) is -1.42. The summed E-state index contributed by atoms with van der Waals surface area (Å²) >= 11 is 0. The predicted molar refractivity (Wildman–Crippen MR) is 59.7 cm³/mol. The molecule has 0 heterocycles. The minimum absolute atomic E-state index is 0.00995. The van der Waals surface area contributed by atoms with Crippen molar-refractivity contribution in [1.82, 2.24) is 5.32 Å². The van der Waals surface area contributed by atoms with E-state index in [1.54, 1.807) is 12.1 Å². The number of carboxylic acids is 1. The maximum Gasteiger partial charge on any atom is 0.303 e. The molecule has 17 heavy (non-hydrogen) atoms. The molecule has 92 valence electrons. The summed E-state index contributed by atoms with van der Waals surface area (Å²) in [6.07, 6.45) is 0.502. The molecule has 5 heteroatoms. The van der Waals surface area contributed by atoms with E-state index in [1.165, 1.54) is 12.1 Å². The average Bonchev–Trinajstić information content (AvgIpc) is 2.28. The molecule has 0 radical (unpaired) electrons. The van der Waals surface area contributed by atoms with Crippen LogP contribution in [0.5, 0.6) is 0 Å². The summed E-state index contributed by atoms with van der Waals surface area (Å²) in [5.41, 5.74) is 0.804. The van der Waals surface area contributed by atoms with E-state index in [0.717, 1.165) is 5.56 Å². The Labute approximate surface area is 98.5 Å². The zero-order valence-electron chi connectivity index (χ0n) is 9.28. The fraction of sp³-hybridized carbons (Fsp3) is 0.333. The molecule has 0 unspecified atom stereocenters. The molecule has 0 aliphatic heterocycles. The number of carbonyl (C=O) groups excluding carboxylic acids is 1. The zero-order chi connectivity index (χ0) is 12.7. The average molecular weight is 239 g/mol. The lowest BCUT2D eigenvalue weighted by atomic mass is 10.2. The van der Waals surface area contributed by atoms with Gasteiger partial charge in [-0.15, -0.1) is 0 Å². The predicted octanol–water partition coefficient (Wildman–Crippen LogP) is 1.70. The summed E-state index contributed by atoms with van der Waals surface area (Å²) in [5, 5.41) is 11.0. The number of nitrogens with one attached hydrogen (secondary N) is 1. The molecule has 2 N–H and O–H groups in total. The van der Waals surface area contributed by atoms with E-state index in [4.69, 9.17) is 5.11 Å². The fourth-order valence-corrected chi connectivity index (χ4v) is 1.29. The second-order valence-electron chi connectivity index (χ2n) is 3.65. The van der Waals surface area contributed by atoms with Gasteiger partial charge in [0.15, 0.2) is 0 Å². The summed E-state index contributed by atoms with van der Waals surface area (Å²) in [6.45, 7) is 0.326. The summed E-state index contributed by atoms with van der Waals surface area (Å²) in [4.78, 5) is 21.5. The molecule has 1 amide bonds. The number of aliphatic carboxylic acids is 1. The van der Waals surface area contributed by atoms with Gasteiger partial charge in [0.2, 0.25) is 5.91 Å². The molecule has 0 aliphatic carbocycles. The number of hydrogen-bond acceptors (Lipinski definition) is 2. The first kappa shape index (κ1) is 13.2. The van der Waals surface area contributed by atoms with Crippen molar-refractivity contribution in [2.45, 2.75) is 25.8 Å². The third-order valence-electron chi connectivity index (χ3n) is 2.20. The van der Waals surface area contributed by atoms with Crippen molar-refractivity contribution >= 4 is 11.9 Å². The Bertz CT molecular complexity index is 389. The second kappa shape index (κ2) is 6.62. The minimum Gasteiger partial charge on any atom is -0.481 e. The Morgan fingerprint density at radius 1 is 1.18 bits per heavy atom. The van der Waals surface area contributed by atoms with Crippen LogP contribution in [0, 0.1) is 5.82 Å². The van der Waals surface area contributed by atoms with Gasteiger partial charge < -0.3 is 10.4 Å². The van der Waals surface area contributed by atoms with E-state index >= 15 is 0 Å². The molecule has 0 atom stereocenters. The van der Waals surface area contributed by atoms with Gasteiger partial charge in [-0.1, -0.05) is 12.1 Å². The molecule has 4 nitrogen and oxygen atoms in total. The maximum absolute atomic E-state index is 12.6. The second-order valence-corrected chi connectivity index (χ2v) is 3.65. The first-order valence-corrected chi connectivity index (χ1v) is 5.31. The van der Waals surface area contributed by atoms with E-state index in [9.17, 15) is 14.0 Å². The lowest BCUT2D eigenvalue weighted by molar-refractivity contribution is -0.137. The number of rotatable bonds is 6. The summed E-state index contributed by atoms with van der Waals surface area (Å²) in [7, 11) is 0. The molecule has 0 aromatic heterocycles. The number of carboxylic acid groups (broad SMARTS) is 1. The van der Waals surface area contributed by atoms with Crippen LogP contribution in [0.3, 0.4) is 0 Å². The number of benzene rings is 1. The standard InChI is InChI=1S/C12H14FNO3/c13-10-6-4-9(5-7-10)8-14-11(15)2-1-3-12(16)17/h4-7H,1-3,8H2,(H,14,15)(H,16,17). The Morgan fingerprint density at radius 2 is 1.82 bits per heavy atom. The van der Waals surface area contributed by atoms with Crippen molar-refractivity contribution in [1.29, 1.82) is 0 Å². The molecule has 0 bridgehead atoms. The van der Waals surface area contributed by atoms with Crippen LogP contribution in [-0.2, 0) is 16.1 Å². The highest BCUT2D eigenvalue weighted by Crippen LogP contribution is 2.02. The van der Waals surface area contributed by atoms with Crippen molar-refractivity contribution < 1.29 is 19.1 Å². The molecule has 0 spiro atoms. The SMILES string of the molecule is O=C(O)CCCC(=O)NCc1ccc(F)cc1. The third-order valence-corrected chi connectivity index (χ3v) is 2.20. The molecule has 1 aromatic rings. The largest absolute Gasteiger partial charge is 0.481 e. The summed E-state index contributed by atoms with van der Waals surface area (Å²) < 4.78 is 12.6. The van der Waals surface area contributed by atoms with Crippen LogP contribution in [0.1, 0.15) is 24.8 Å². The van der Waals surface area contributed by atoms with Crippen LogP contribution in [-0.4, -0.2) is 17.0 Å². The van der Waals surface area contributed by atoms with Crippen LogP contribution >= 0.6 is 0 Å². The van der Waals surface area contributed by atoms with Crippen molar-refractivity contribution in [3.63, 3.8) is 0 Å². The first-order valence-electron chi connectivity index (χ1n) is 5.31. The van der Waals surface area contributed by atoms with Gasteiger partial charge in [-0.3, -0.25) is 9.59 Å². The van der Waals surface area contributed by atoms with Crippen molar-refractivity contribution in [3.8, 4) is 0 Å². The molecular weight excluding hydrogens is 225 g/mol. The van der Waals surface area contributed by atoms with Crippen LogP contribution in [0.15, 0.2) is 24.3 Å². The number of halogens is 1. The van der Waals surface area contributed by atoms with Gasteiger partial charge in [-0.2, -0.15) is 0 Å². The minimum atomic E-state index is -0.906. The fourth-order valence-electron chi connectivity index (χ4n) is 1.29. The van der Waals surface area contributed by atoms with Crippen LogP contribution in [0.2, 0.25) is 0 Å². The van der Waals surface area contributed by atoms with Crippen molar-refractivity contribution in [2.24, 2.45) is 0 Å². The molecule has 0 fully saturated rings. The Morgan fingerprint density at radius 3 is 2.41 bits per heavy atom. The molecule has 0 saturated heterocycles. The van der Waals surface area contributed by atoms with E-state index in [0.29, 0.717) is 13.0 Å². The van der Waals surface area contributed by atoms with E-state index in [-0.39, 0.29) is 24.6 Å². The van der Waals surface area contributed by atoms with Gasteiger partial charge in [0.25, 0.3) is 0 Å². The molecule has 0 aliphatic rings. The Kier molecular flexibility index (Phi) is 5.13. The molecule has 0 saturated carbocycles. The first-order chi connectivity index (χ1) is 8.08. The third kappa shape index (κ3) is 5.65. The van der Waals surface area contributed by atoms with Gasteiger partial charge >= 0.3 is 5.97 Å². The normalized spacial score (nSPS) is 9.94. The molecule has 1 aromatic carbocycles. The van der Waals surface area contributed by atoms with Crippen molar-refractivity contribution in [3.05, 3.63) is 35.6 Å². The lowest BCUT2D eigenvalue weighted by Crippen LogP contribution is -2.22. The van der Waals surface area contributed by atoms with E-state index in [1.807, 2.05) is 0 Å². The van der Waals surface area contributed by atoms with Crippen LogP contribution in [0.25, 0.3) is 0 Å². The van der Waals surface area contributed by atoms with Gasteiger partial charge in [0.05, 0.1) is 0 Å². The van der Waals surface area contributed by atoms with E-state index in [2.05, 4.69) is 5.32 Å². The zero-order valence-corrected chi connectivity index (χ0v) is 9.28. The monoisotopic (exact) mass is 239 g/mol. The highest BCUT2D eigenvalue weighted by molar-refractivity contribution is 5.76. The highest BCUT2D eigenvalue weighted by Gasteiger charge is 2.03. The smallest absolute Gasteiger partial charge is 0.303 e. The Hall–Kier alpha value is -1.91. The van der Waals surface area contributed by atoms with Crippen molar-refractivity contribution in [2.75, 3.05) is 0 Å². The van der Waals surface area contributed by atoms with Gasteiger partial charge in [0.1, 0.15) is 5.82 Å². The lowest BCUT2D eigenvalue weighted by Gasteiger charge is -2.04. The summed E-state index contributed by atoms with van der Waals surface area (Å²) in [6, 6.07) is 5.83. The van der Waals surface area contributed by atoms with Gasteiger partial charge in [-0.05, 0) is 24.1 Å². The van der Waals surface area contributed by atoms with E-state index < -0.39 is 5.97 Å². The highest BCUT2D eigenvalue weighted by atomic mass is 19.1. The Balaban J connectivity index is 2.23. The molecular formula is C12H14FNO3.